The molecule has 0 aromatic heterocycles. The molecular weight excluding hydrogens is 288 g/mol. The average Bonchev–Trinajstić information content (AvgIpc) is 2.37. The maximum absolute atomic E-state index is 6.10. The van der Waals surface area contributed by atoms with Crippen molar-refractivity contribution < 1.29 is 20.6 Å². The standard InChI is InChI=1S/C8H20O5Si4/c1-5-14-9-16(7-3)11-15(6-2)12-17(8-4,10-14)13-16/h5-8H2,1-4H3. The Labute approximate surface area is 109 Å². The Morgan fingerprint density at radius 2 is 1.06 bits per heavy atom. The molecule has 2 rings (SSSR count). The van der Waals surface area contributed by atoms with Gasteiger partial charge in [-0.15, -0.1) is 0 Å². The number of rotatable bonds is 4. The third-order valence-electron chi connectivity index (χ3n) is 2.83. The molecule has 17 heavy (non-hydrogen) atoms. The van der Waals surface area contributed by atoms with Gasteiger partial charge in [0.1, 0.15) is 0 Å². The molecule has 0 aromatic carbocycles. The molecule has 0 amide bonds. The van der Waals surface area contributed by atoms with E-state index in [-0.39, 0.29) is 0 Å². The van der Waals surface area contributed by atoms with Crippen LogP contribution in [0, 0.1) is 0 Å². The number of fused-ring (bicyclic) bond motifs is 2. The van der Waals surface area contributed by atoms with Gasteiger partial charge >= 0.3 is 36.2 Å². The first-order valence-electron chi connectivity index (χ1n) is 6.28. The molecule has 0 spiro atoms. The largest absolute Gasteiger partial charge is 0.475 e. The predicted octanol–water partition coefficient (Wildman–Crippen LogP) is 2.03. The van der Waals surface area contributed by atoms with E-state index in [9.17, 15) is 0 Å². The molecule has 2 heterocycles. The zero-order valence-corrected chi connectivity index (χ0v) is 14.9. The van der Waals surface area contributed by atoms with Gasteiger partial charge in [-0.25, -0.2) is 0 Å². The van der Waals surface area contributed by atoms with E-state index in [2.05, 4.69) is 27.7 Å². The normalized spacial score (nSPS) is 39.5. The molecule has 0 aliphatic carbocycles. The summed E-state index contributed by atoms with van der Waals surface area (Å²) in [6, 6.07) is 3.49. The number of hydrogen-bond acceptors (Lipinski definition) is 5. The van der Waals surface area contributed by atoms with Gasteiger partial charge in [0.05, 0.1) is 0 Å². The van der Waals surface area contributed by atoms with Crippen LogP contribution in [-0.4, -0.2) is 36.2 Å². The summed E-state index contributed by atoms with van der Waals surface area (Å²) in [6.45, 7) is 8.36. The molecule has 0 unspecified atom stereocenters. The van der Waals surface area contributed by atoms with E-state index in [1.54, 1.807) is 0 Å². The third kappa shape index (κ3) is 2.67. The highest BCUT2D eigenvalue weighted by Crippen LogP contribution is 2.37. The minimum atomic E-state index is -2.47. The molecule has 2 saturated heterocycles. The first-order valence-corrected chi connectivity index (χ1v) is 13.2. The van der Waals surface area contributed by atoms with E-state index in [0.717, 1.165) is 24.2 Å². The molecular formula is C8H20O5Si4. The van der Waals surface area contributed by atoms with Crippen LogP contribution in [0.25, 0.3) is 0 Å². The zero-order valence-electron chi connectivity index (χ0n) is 10.9. The van der Waals surface area contributed by atoms with Crippen molar-refractivity contribution in [3.05, 3.63) is 0 Å². The Kier molecular flexibility index (Phi) is 4.43. The number of hydrogen-bond donors (Lipinski definition) is 0. The van der Waals surface area contributed by atoms with Gasteiger partial charge in [-0.3, -0.25) is 0 Å². The van der Waals surface area contributed by atoms with Crippen LogP contribution in [0.2, 0.25) is 24.2 Å². The van der Waals surface area contributed by atoms with Gasteiger partial charge in [-0.05, 0) is 12.1 Å². The van der Waals surface area contributed by atoms with Crippen molar-refractivity contribution in [3.63, 3.8) is 0 Å². The summed E-state index contributed by atoms with van der Waals surface area (Å²) in [4.78, 5) is 0. The van der Waals surface area contributed by atoms with E-state index in [4.69, 9.17) is 20.6 Å². The van der Waals surface area contributed by atoms with Crippen molar-refractivity contribution in [1.82, 2.24) is 0 Å². The lowest BCUT2D eigenvalue weighted by Gasteiger charge is -2.50. The van der Waals surface area contributed by atoms with E-state index in [0.29, 0.717) is 0 Å². The van der Waals surface area contributed by atoms with Crippen LogP contribution in [0.3, 0.4) is 0 Å². The smallest absolute Gasteiger partial charge is 0.393 e. The fourth-order valence-corrected chi connectivity index (χ4v) is 19.4. The average molecular weight is 309 g/mol. The Morgan fingerprint density at radius 3 is 1.29 bits per heavy atom. The lowest BCUT2D eigenvalue weighted by molar-refractivity contribution is 0.0843. The first kappa shape index (κ1) is 14.1. The Hall–Kier alpha value is 0.668. The second kappa shape index (κ2) is 5.34. The summed E-state index contributed by atoms with van der Waals surface area (Å²) in [7, 11) is -7.43. The lowest BCUT2D eigenvalue weighted by atomic mass is 11.0. The topological polar surface area (TPSA) is 46.2 Å². The predicted molar refractivity (Wildman–Crippen MR) is 70.4 cm³/mol. The molecule has 9 heteroatoms. The van der Waals surface area contributed by atoms with Crippen LogP contribution in [0.5, 0.6) is 0 Å². The molecule has 2 aliphatic rings. The fourth-order valence-electron chi connectivity index (χ4n) is 1.82. The monoisotopic (exact) mass is 308 g/mol. The van der Waals surface area contributed by atoms with E-state index >= 15 is 0 Å². The summed E-state index contributed by atoms with van der Waals surface area (Å²) in [5, 5.41) is 0. The Balaban J connectivity index is 2.25. The van der Waals surface area contributed by atoms with Gasteiger partial charge in [0.25, 0.3) is 0 Å². The minimum Gasteiger partial charge on any atom is -0.393 e. The van der Waals surface area contributed by atoms with Gasteiger partial charge in [0.2, 0.25) is 0 Å². The van der Waals surface area contributed by atoms with Crippen molar-refractivity contribution in [1.29, 1.82) is 0 Å². The molecule has 0 N–H and O–H groups in total. The summed E-state index contributed by atoms with van der Waals surface area (Å²) in [5.74, 6) is 0. The van der Waals surface area contributed by atoms with Crippen LogP contribution in [0.4, 0.5) is 0 Å². The van der Waals surface area contributed by atoms with Crippen molar-refractivity contribution in [2.45, 2.75) is 51.9 Å². The minimum absolute atomic E-state index is 0.830. The van der Waals surface area contributed by atoms with Gasteiger partial charge < -0.3 is 20.6 Å². The first-order chi connectivity index (χ1) is 8.11. The van der Waals surface area contributed by atoms with Crippen LogP contribution in [0.1, 0.15) is 27.7 Å². The van der Waals surface area contributed by atoms with Gasteiger partial charge in [0, 0.05) is 12.1 Å². The summed E-state index contributed by atoms with van der Waals surface area (Å²) < 4.78 is 30.3. The molecule has 0 aromatic rings. The molecule has 2 radical (unpaired) electrons. The summed E-state index contributed by atoms with van der Waals surface area (Å²) in [5.41, 5.74) is 0. The summed E-state index contributed by atoms with van der Waals surface area (Å²) in [6.07, 6.45) is 0. The van der Waals surface area contributed by atoms with Crippen LogP contribution >= 0.6 is 0 Å². The molecule has 5 nitrogen and oxygen atoms in total. The van der Waals surface area contributed by atoms with E-state index < -0.39 is 36.2 Å². The van der Waals surface area contributed by atoms with Crippen molar-refractivity contribution in [2.75, 3.05) is 0 Å². The third-order valence-corrected chi connectivity index (χ3v) is 16.8. The van der Waals surface area contributed by atoms with E-state index in [1.807, 2.05) is 0 Å². The van der Waals surface area contributed by atoms with Gasteiger partial charge in [0.15, 0.2) is 0 Å². The highest BCUT2D eigenvalue weighted by Gasteiger charge is 2.64. The highest BCUT2D eigenvalue weighted by molar-refractivity contribution is 6.91. The van der Waals surface area contributed by atoms with Crippen LogP contribution < -0.4 is 0 Å². The van der Waals surface area contributed by atoms with Gasteiger partial charge in [-0.2, -0.15) is 0 Å². The van der Waals surface area contributed by atoms with Crippen LogP contribution in [-0.2, 0) is 20.6 Å². The zero-order chi connectivity index (χ0) is 12.5. The maximum atomic E-state index is 6.10. The molecule has 2 fully saturated rings. The van der Waals surface area contributed by atoms with E-state index in [1.165, 1.54) is 0 Å². The molecule has 2 aliphatic heterocycles. The van der Waals surface area contributed by atoms with Crippen molar-refractivity contribution >= 4 is 36.2 Å². The molecule has 0 saturated carbocycles. The lowest BCUT2D eigenvalue weighted by Crippen LogP contribution is -2.73. The molecule has 2 bridgehead atoms. The quantitative estimate of drug-likeness (QED) is 0.744. The Morgan fingerprint density at radius 1 is 0.706 bits per heavy atom. The Bertz CT molecular complexity index is 241. The highest BCUT2D eigenvalue weighted by atomic mass is 28.6. The van der Waals surface area contributed by atoms with Gasteiger partial charge in [-0.1, -0.05) is 27.7 Å². The van der Waals surface area contributed by atoms with Crippen molar-refractivity contribution in [2.24, 2.45) is 0 Å². The maximum Gasteiger partial charge on any atom is 0.475 e. The second-order valence-electron chi connectivity index (χ2n) is 4.03. The molecule has 98 valence electrons. The van der Waals surface area contributed by atoms with Crippen molar-refractivity contribution in [3.8, 4) is 0 Å². The second-order valence-corrected chi connectivity index (χ2v) is 15.2. The van der Waals surface area contributed by atoms with Crippen LogP contribution in [0.15, 0.2) is 0 Å². The molecule has 0 atom stereocenters. The fraction of sp³-hybridized carbons (Fsp3) is 1.00. The summed E-state index contributed by atoms with van der Waals surface area (Å²) >= 11 is 0. The SMILES string of the molecule is CC[Si]1O[Si]2(CC)O[Si](CC)O[Si](CC)(O1)O2.